The minimum absolute atomic E-state index is 0.691. The normalized spacial score (nSPS) is 13.7. The lowest BCUT2D eigenvalue weighted by Crippen LogP contribution is -2.47. The smallest absolute Gasteiger partial charge is 0.188 e. The highest BCUT2D eigenvalue weighted by molar-refractivity contribution is 7.80. The average Bonchev–Trinajstić information content (AvgIpc) is 2.61. The van der Waals surface area contributed by atoms with Crippen molar-refractivity contribution in [3.8, 4) is 0 Å². The molecule has 1 aliphatic heterocycles. The zero-order chi connectivity index (χ0) is 15.6. The van der Waals surface area contributed by atoms with Gasteiger partial charge in [-0.05, 0) is 34.8 Å². The van der Waals surface area contributed by atoms with Crippen LogP contribution in [0.4, 0.5) is 5.69 Å². The Balaban J connectivity index is 1.56. The molecule has 0 fully saturated rings. The summed E-state index contributed by atoms with van der Waals surface area (Å²) in [5.41, 5.74) is 7.05. The van der Waals surface area contributed by atoms with E-state index in [0.29, 0.717) is 5.11 Å². The highest BCUT2D eigenvalue weighted by Gasteiger charge is 2.17. The van der Waals surface area contributed by atoms with Crippen LogP contribution in [0, 0.1) is 0 Å². The van der Waals surface area contributed by atoms with Gasteiger partial charge in [-0.1, -0.05) is 60.7 Å². The van der Waals surface area contributed by atoms with Gasteiger partial charge in [-0.25, -0.2) is 5.43 Å². The molecule has 0 unspecified atom stereocenters. The van der Waals surface area contributed by atoms with Gasteiger partial charge in [0, 0.05) is 17.6 Å². The Morgan fingerprint density at radius 2 is 1.65 bits per heavy atom. The van der Waals surface area contributed by atoms with Gasteiger partial charge in [0.25, 0.3) is 0 Å². The molecule has 4 heteroatoms. The number of fused-ring (bicyclic) bond motifs is 2. The van der Waals surface area contributed by atoms with E-state index in [1.165, 1.54) is 21.9 Å². The van der Waals surface area contributed by atoms with Crippen LogP contribution in [0.15, 0.2) is 66.7 Å². The number of nitrogens with one attached hydrogen (secondary N) is 2. The summed E-state index contributed by atoms with van der Waals surface area (Å²) in [6.07, 6.45) is 0. The molecule has 0 spiro atoms. The summed E-state index contributed by atoms with van der Waals surface area (Å²) in [4.78, 5) is 0. The van der Waals surface area contributed by atoms with Gasteiger partial charge in [0.05, 0.1) is 6.54 Å². The highest BCUT2D eigenvalue weighted by Crippen LogP contribution is 2.24. The predicted molar refractivity (Wildman–Crippen MR) is 99.0 cm³/mol. The molecule has 0 radical (unpaired) electrons. The van der Waals surface area contributed by atoms with Gasteiger partial charge in [-0.2, -0.15) is 0 Å². The lowest BCUT2D eigenvalue weighted by Gasteiger charge is -2.32. The number of hydrogen-bond acceptors (Lipinski definition) is 2. The van der Waals surface area contributed by atoms with Crippen molar-refractivity contribution in [1.29, 1.82) is 0 Å². The highest BCUT2D eigenvalue weighted by atomic mass is 32.1. The average molecular weight is 319 g/mol. The summed E-state index contributed by atoms with van der Waals surface area (Å²) < 4.78 is 0. The molecule has 0 saturated carbocycles. The molecule has 4 rings (SSSR count). The largest absolute Gasteiger partial charge is 0.331 e. The molecule has 23 heavy (non-hydrogen) atoms. The molecule has 1 aliphatic rings. The van der Waals surface area contributed by atoms with E-state index >= 15 is 0 Å². The first-order chi connectivity index (χ1) is 11.3. The standard InChI is InChI=1S/C19H17N3S/c23-19(22-13-16-8-2-1-7-15(16)12-20-22)21-18-11-5-9-14-6-3-4-10-17(14)18/h1-11,20H,12-13H2,(H,21,23). The molecule has 0 atom stereocenters. The molecule has 3 nitrogen and oxygen atoms in total. The third kappa shape index (κ3) is 2.79. The van der Waals surface area contributed by atoms with Crippen molar-refractivity contribution in [3.63, 3.8) is 0 Å². The van der Waals surface area contributed by atoms with E-state index in [4.69, 9.17) is 12.2 Å². The predicted octanol–water partition coefficient (Wildman–Crippen LogP) is 4.06. The summed E-state index contributed by atoms with van der Waals surface area (Å²) in [6.45, 7) is 1.57. The van der Waals surface area contributed by atoms with E-state index in [1.54, 1.807) is 0 Å². The van der Waals surface area contributed by atoms with Crippen molar-refractivity contribution in [1.82, 2.24) is 10.4 Å². The fourth-order valence-corrected chi connectivity index (χ4v) is 3.19. The van der Waals surface area contributed by atoms with E-state index in [-0.39, 0.29) is 0 Å². The minimum atomic E-state index is 0.691. The van der Waals surface area contributed by atoms with Crippen molar-refractivity contribution >= 4 is 33.8 Å². The van der Waals surface area contributed by atoms with Crippen molar-refractivity contribution in [2.75, 3.05) is 5.32 Å². The second-order valence-corrected chi connectivity index (χ2v) is 6.03. The SMILES string of the molecule is S=C(Nc1cccc2ccccc12)N1Cc2ccccc2CN1. The van der Waals surface area contributed by atoms with E-state index in [2.05, 4.69) is 59.3 Å². The first kappa shape index (κ1) is 14.2. The number of benzene rings is 3. The fraction of sp³-hybridized carbons (Fsp3) is 0.105. The molecule has 0 aromatic heterocycles. The molecular weight excluding hydrogens is 302 g/mol. The summed E-state index contributed by atoms with van der Waals surface area (Å²) in [5.74, 6) is 0. The summed E-state index contributed by atoms with van der Waals surface area (Å²) in [5, 5.41) is 8.45. The van der Waals surface area contributed by atoms with Gasteiger partial charge < -0.3 is 5.32 Å². The Bertz CT molecular complexity index is 870. The van der Waals surface area contributed by atoms with Gasteiger partial charge in [0.1, 0.15) is 0 Å². The Morgan fingerprint density at radius 1 is 0.913 bits per heavy atom. The van der Waals surface area contributed by atoms with Gasteiger partial charge in [-0.3, -0.25) is 5.01 Å². The first-order valence-corrected chi connectivity index (χ1v) is 8.09. The molecule has 0 bridgehead atoms. The van der Waals surface area contributed by atoms with Crippen LogP contribution in [0.2, 0.25) is 0 Å². The third-order valence-corrected chi connectivity index (χ3v) is 4.51. The maximum absolute atomic E-state index is 5.60. The van der Waals surface area contributed by atoms with E-state index in [0.717, 1.165) is 18.8 Å². The molecule has 3 aromatic carbocycles. The zero-order valence-electron chi connectivity index (χ0n) is 12.6. The van der Waals surface area contributed by atoms with Crippen LogP contribution in [-0.2, 0) is 13.1 Å². The number of anilines is 1. The number of thiocarbonyl (C=S) groups is 1. The molecule has 2 N–H and O–H groups in total. The summed E-state index contributed by atoms with van der Waals surface area (Å²) in [6, 6.07) is 23.0. The second kappa shape index (κ2) is 5.99. The number of hydrazine groups is 1. The monoisotopic (exact) mass is 319 g/mol. The zero-order valence-corrected chi connectivity index (χ0v) is 13.4. The maximum Gasteiger partial charge on any atom is 0.188 e. The Hall–Kier alpha value is -2.43. The Labute approximate surface area is 140 Å². The van der Waals surface area contributed by atoms with Gasteiger partial charge >= 0.3 is 0 Å². The minimum Gasteiger partial charge on any atom is -0.331 e. The van der Waals surface area contributed by atoms with Gasteiger partial charge in [0.2, 0.25) is 0 Å². The van der Waals surface area contributed by atoms with Crippen LogP contribution in [0.3, 0.4) is 0 Å². The molecule has 0 aliphatic carbocycles. The summed E-state index contributed by atoms with van der Waals surface area (Å²) in [7, 11) is 0. The van der Waals surface area contributed by atoms with E-state index in [9.17, 15) is 0 Å². The molecule has 1 heterocycles. The lowest BCUT2D eigenvalue weighted by molar-refractivity contribution is 0.279. The molecule has 0 saturated heterocycles. The first-order valence-electron chi connectivity index (χ1n) is 7.68. The fourth-order valence-electron chi connectivity index (χ4n) is 2.95. The van der Waals surface area contributed by atoms with Crippen LogP contribution in [-0.4, -0.2) is 10.1 Å². The maximum atomic E-state index is 5.60. The van der Waals surface area contributed by atoms with Crippen molar-refractivity contribution < 1.29 is 0 Å². The van der Waals surface area contributed by atoms with Crippen molar-refractivity contribution in [2.45, 2.75) is 13.1 Å². The number of rotatable bonds is 1. The number of nitrogens with zero attached hydrogens (tertiary/aromatic N) is 1. The Morgan fingerprint density at radius 3 is 2.57 bits per heavy atom. The van der Waals surface area contributed by atoms with E-state index < -0.39 is 0 Å². The number of hydrogen-bond donors (Lipinski definition) is 2. The topological polar surface area (TPSA) is 27.3 Å². The van der Waals surface area contributed by atoms with Crippen LogP contribution in [0.25, 0.3) is 10.8 Å². The van der Waals surface area contributed by atoms with Crippen LogP contribution < -0.4 is 10.7 Å². The summed E-state index contributed by atoms with van der Waals surface area (Å²) >= 11 is 5.60. The second-order valence-electron chi connectivity index (χ2n) is 5.65. The molecular formula is C19H17N3S. The van der Waals surface area contributed by atoms with Crippen molar-refractivity contribution in [3.05, 3.63) is 77.9 Å². The van der Waals surface area contributed by atoms with Crippen LogP contribution in [0.5, 0.6) is 0 Å². The quantitative estimate of drug-likeness (QED) is 0.662. The van der Waals surface area contributed by atoms with Crippen LogP contribution in [0.1, 0.15) is 11.1 Å². The van der Waals surface area contributed by atoms with Gasteiger partial charge in [0.15, 0.2) is 5.11 Å². The lowest BCUT2D eigenvalue weighted by atomic mass is 10.1. The molecule has 114 valence electrons. The molecule has 0 amide bonds. The van der Waals surface area contributed by atoms with E-state index in [1.807, 2.05) is 23.2 Å². The Kier molecular flexibility index (Phi) is 3.69. The van der Waals surface area contributed by atoms with Gasteiger partial charge in [-0.15, -0.1) is 0 Å². The van der Waals surface area contributed by atoms with Crippen LogP contribution >= 0.6 is 12.2 Å². The molecule has 3 aromatic rings. The third-order valence-electron chi connectivity index (χ3n) is 4.18. The van der Waals surface area contributed by atoms with Crippen molar-refractivity contribution in [2.24, 2.45) is 0 Å².